The van der Waals surface area contributed by atoms with Crippen molar-refractivity contribution < 1.29 is 27.9 Å². The number of hydrogen-bond donors (Lipinski definition) is 2. The van der Waals surface area contributed by atoms with E-state index < -0.39 is 29.2 Å². The third-order valence-corrected chi connectivity index (χ3v) is 5.34. The van der Waals surface area contributed by atoms with E-state index in [9.17, 15) is 27.9 Å². The molecule has 142 valence electrons. The van der Waals surface area contributed by atoms with Crippen LogP contribution in [0.4, 0.5) is 13.2 Å². The lowest BCUT2D eigenvalue weighted by atomic mass is 9.71. The largest absolute Gasteiger partial charge is 0.416 e. The molecule has 0 aromatic heterocycles. The number of alkyl halides is 3. The quantitative estimate of drug-likeness (QED) is 0.833. The number of piperidine rings is 2. The van der Waals surface area contributed by atoms with Crippen LogP contribution in [-0.4, -0.2) is 47.6 Å². The van der Waals surface area contributed by atoms with Gasteiger partial charge < -0.3 is 15.3 Å². The molecule has 2 heterocycles. The van der Waals surface area contributed by atoms with Crippen LogP contribution in [0.2, 0.25) is 0 Å². The van der Waals surface area contributed by atoms with Crippen molar-refractivity contribution in [2.24, 2.45) is 5.41 Å². The Morgan fingerprint density at radius 2 is 2.08 bits per heavy atom. The number of carbonyl (C=O) groups excluding carboxylic acids is 2. The summed E-state index contributed by atoms with van der Waals surface area (Å²) in [6, 6.07) is 5.00. The van der Waals surface area contributed by atoms with Crippen molar-refractivity contribution in [1.29, 1.82) is 0 Å². The Bertz CT molecular complexity index is 707. The second kappa shape index (κ2) is 6.90. The van der Waals surface area contributed by atoms with E-state index in [4.69, 9.17) is 0 Å². The van der Waals surface area contributed by atoms with E-state index in [1.165, 1.54) is 23.1 Å². The lowest BCUT2D eigenvalue weighted by molar-refractivity contribution is -0.154. The first kappa shape index (κ1) is 18.7. The Kier molecular flexibility index (Phi) is 4.96. The maximum Gasteiger partial charge on any atom is 0.416 e. The van der Waals surface area contributed by atoms with Crippen LogP contribution < -0.4 is 5.32 Å². The van der Waals surface area contributed by atoms with E-state index in [2.05, 4.69) is 5.32 Å². The SMILES string of the molecule is O=C(Cc1ccccc1C(F)(F)F)N1CC[C@@H](O)[C@@]2(CCCNC2=O)C1. The van der Waals surface area contributed by atoms with Gasteiger partial charge in [-0.2, -0.15) is 13.2 Å². The highest BCUT2D eigenvalue weighted by Crippen LogP contribution is 2.38. The Morgan fingerprint density at radius 3 is 2.77 bits per heavy atom. The normalized spacial score (nSPS) is 26.7. The lowest BCUT2D eigenvalue weighted by Crippen LogP contribution is -2.62. The molecular weight excluding hydrogens is 349 g/mol. The molecular formula is C18H21F3N2O3. The molecule has 1 spiro atoms. The minimum atomic E-state index is -4.53. The van der Waals surface area contributed by atoms with Gasteiger partial charge in [0.15, 0.2) is 0 Å². The maximum absolute atomic E-state index is 13.1. The zero-order valence-electron chi connectivity index (χ0n) is 14.2. The summed E-state index contributed by atoms with van der Waals surface area (Å²) in [5, 5.41) is 13.1. The number of aliphatic hydroxyl groups excluding tert-OH is 1. The van der Waals surface area contributed by atoms with Gasteiger partial charge in [0.2, 0.25) is 11.8 Å². The fourth-order valence-electron chi connectivity index (χ4n) is 3.88. The molecule has 0 aliphatic carbocycles. The number of likely N-dealkylation sites (tertiary alicyclic amines) is 1. The molecule has 0 radical (unpaired) electrons. The molecule has 0 unspecified atom stereocenters. The summed E-state index contributed by atoms with van der Waals surface area (Å²) in [7, 11) is 0. The third-order valence-electron chi connectivity index (χ3n) is 5.34. The van der Waals surface area contributed by atoms with Crippen molar-refractivity contribution in [2.75, 3.05) is 19.6 Å². The van der Waals surface area contributed by atoms with Crippen molar-refractivity contribution in [3.63, 3.8) is 0 Å². The monoisotopic (exact) mass is 370 g/mol. The zero-order valence-corrected chi connectivity index (χ0v) is 14.2. The first-order chi connectivity index (χ1) is 12.2. The van der Waals surface area contributed by atoms with Crippen LogP contribution in [0.5, 0.6) is 0 Å². The standard InChI is InChI=1S/C18H21F3N2O3/c19-18(20,21)13-5-2-1-4-12(13)10-15(25)23-9-6-14(24)17(11-23)7-3-8-22-16(17)26/h1-2,4-5,14,24H,3,6-11H2,(H,22,26)/t14-,17-/m1/s1. The smallest absolute Gasteiger partial charge is 0.392 e. The molecule has 2 N–H and O–H groups in total. The molecule has 3 rings (SSSR count). The van der Waals surface area contributed by atoms with Gasteiger partial charge in [0.25, 0.3) is 0 Å². The van der Waals surface area contributed by atoms with Gasteiger partial charge in [0.1, 0.15) is 0 Å². The second-order valence-corrected chi connectivity index (χ2v) is 6.97. The van der Waals surface area contributed by atoms with Crippen LogP contribution in [-0.2, 0) is 22.2 Å². The van der Waals surface area contributed by atoms with E-state index in [-0.39, 0.29) is 37.4 Å². The van der Waals surface area contributed by atoms with Gasteiger partial charge >= 0.3 is 6.18 Å². The predicted octanol–water partition coefficient (Wildman–Crippen LogP) is 1.74. The molecule has 2 saturated heterocycles. The summed E-state index contributed by atoms with van der Waals surface area (Å²) < 4.78 is 39.4. The molecule has 2 amide bonds. The minimum Gasteiger partial charge on any atom is -0.392 e. The lowest BCUT2D eigenvalue weighted by Gasteiger charge is -2.46. The number of nitrogens with one attached hydrogen (secondary N) is 1. The summed E-state index contributed by atoms with van der Waals surface area (Å²) in [4.78, 5) is 26.4. The number of amides is 2. The zero-order chi connectivity index (χ0) is 18.9. The second-order valence-electron chi connectivity index (χ2n) is 6.97. The van der Waals surface area contributed by atoms with E-state index in [1.54, 1.807) is 0 Å². The fraction of sp³-hybridized carbons (Fsp3) is 0.556. The van der Waals surface area contributed by atoms with Crippen molar-refractivity contribution in [3.8, 4) is 0 Å². The van der Waals surface area contributed by atoms with Gasteiger partial charge in [0, 0.05) is 19.6 Å². The highest BCUT2D eigenvalue weighted by atomic mass is 19.4. The molecule has 8 heteroatoms. The topological polar surface area (TPSA) is 69.6 Å². The fourth-order valence-corrected chi connectivity index (χ4v) is 3.88. The highest BCUT2D eigenvalue weighted by Gasteiger charge is 2.50. The molecule has 2 fully saturated rings. The van der Waals surface area contributed by atoms with Gasteiger partial charge in [-0.1, -0.05) is 18.2 Å². The van der Waals surface area contributed by atoms with Gasteiger partial charge in [-0.3, -0.25) is 9.59 Å². The molecule has 0 bridgehead atoms. The van der Waals surface area contributed by atoms with Crippen LogP contribution in [0.15, 0.2) is 24.3 Å². The number of nitrogens with zero attached hydrogens (tertiary/aromatic N) is 1. The van der Waals surface area contributed by atoms with Gasteiger partial charge in [-0.15, -0.1) is 0 Å². The third kappa shape index (κ3) is 3.42. The van der Waals surface area contributed by atoms with Crippen molar-refractivity contribution in [2.45, 2.75) is 38.0 Å². The molecule has 2 aliphatic heterocycles. The van der Waals surface area contributed by atoms with E-state index in [0.29, 0.717) is 19.4 Å². The summed E-state index contributed by atoms with van der Waals surface area (Å²) in [6.45, 7) is 0.788. The number of aliphatic hydroxyl groups is 1. The minimum absolute atomic E-state index is 0.0347. The Morgan fingerprint density at radius 1 is 1.35 bits per heavy atom. The predicted molar refractivity (Wildman–Crippen MR) is 87.0 cm³/mol. The summed E-state index contributed by atoms with van der Waals surface area (Å²) in [5.74, 6) is -0.754. The maximum atomic E-state index is 13.1. The average molecular weight is 370 g/mol. The molecule has 0 saturated carbocycles. The van der Waals surface area contributed by atoms with Crippen LogP contribution in [0.1, 0.15) is 30.4 Å². The Labute approximate surface area is 149 Å². The molecule has 1 aromatic rings. The Hall–Kier alpha value is -2.09. The average Bonchev–Trinajstić information content (AvgIpc) is 2.59. The molecule has 1 aromatic carbocycles. The number of hydrogen-bond acceptors (Lipinski definition) is 3. The van der Waals surface area contributed by atoms with Crippen molar-refractivity contribution in [1.82, 2.24) is 10.2 Å². The molecule has 2 atom stereocenters. The van der Waals surface area contributed by atoms with Gasteiger partial charge in [-0.25, -0.2) is 0 Å². The summed E-state index contributed by atoms with van der Waals surface area (Å²) in [6.07, 6.45) is -4.37. The number of halogens is 3. The van der Waals surface area contributed by atoms with Crippen LogP contribution >= 0.6 is 0 Å². The van der Waals surface area contributed by atoms with E-state index >= 15 is 0 Å². The van der Waals surface area contributed by atoms with Gasteiger partial charge in [0.05, 0.1) is 23.5 Å². The number of rotatable bonds is 2. The summed E-state index contributed by atoms with van der Waals surface area (Å²) >= 11 is 0. The number of carbonyl (C=O) groups is 2. The van der Waals surface area contributed by atoms with Crippen molar-refractivity contribution >= 4 is 11.8 Å². The molecule has 5 nitrogen and oxygen atoms in total. The molecule has 2 aliphatic rings. The number of benzene rings is 1. The first-order valence-electron chi connectivity index (χ1n) is 8.63. The van der Waals surface area contributed by atoms with E-state index in [0.717, 1.165) is 6.07 Å². The van der Waals surface area contributed by atoms with Crippen LogP contribution in [0, 0.1) is 5.41 Å². The van der Waals surface area contributed by atoms with Crippen molar-refractivity contribution in [3.05, 3.63) is 35.4 Å². The first-order valence-corrected chi connectivity index (χ1v) is 8.63. The Balaban J connectivity index is 1.78. The van der Waals surface area contributed by atoms with Crippen LogP contribution in [0.3, 0.4) is 0 Å². The highest BCUT2D eigenvalue weighted by molar-refractivity contribution is 5.86. The van der Waals surface area contributed by atoms with Gasteiger partial charge in [-0.05, 0) is 30.9 Å². The molecule has 26 heavy (non-hydrogen) atoms. The summed E-state index contributed by atoms with van der Waals surface area (Å²) in [5.41, 5.74) is -1.97. The van der Waals surface area contributed by atoms with E-state index in [1.807, 2.05) is 0 Å². The van der Waals surface area contributed by atoms with Crippen LogP contribution in [0.25, 0.3) is 0 Å².